The van der Waals surface area contributed by atoms with Gasteiger partial charge < -0.3 is 14.2 Å². The van der Waals surface area contributed by atoms with E-state index in [0.29, 0.717) is 23.5 Å². The first kappa shape index (κ1) is 32.7. The van der Waals surface area contributed by atoms with Gasteiger partial charge in [-0.1, -0.05) is 90.4 Å². The summed E-state index contributed by atoms with van der Waals surface area (Å²) in [7, 11) is 0. The molecule has 0 amide bonds. The van der Waals surface area contributed by atoms with Gasteiger partial charge in [0.05, 0.1) is 23.1 Å². The van der Waals surface area contributed by atoms with Crippen molar-refractivity contribution in [2.75, 3.05) is 13.2 Å². The molecule has 0 aliphatic rings. The van der Waals surface area contributed by atoms with Gasteiger partial charge in [-0.3, -0.25) is 0 Å². The molecule has 0 aromatic heterocycles. The molecule has 0 N–H and O–H groups in total. The van der Waals surface area contributed by atoms with E-state index in [-0.39, 0.29) is 12.0 Å². The van der Waals surface area contributed by atoms with Crippen LogP contribution in [-0.2, 0) is 4.74 Å². The molecule has 1 atom stereocenters. The first-order valence-corrected chi connectivity index (χ1v) is 15.3. The summed E-state index contributed by atoms with van der Waals surface area (Å²) in [6.07, 6.45) is 18.7. The summed E-state index contributed by atoms with van der Waals surface area (Å²) in [5.74, 6) is 0.153. The molecule has 0 saturated heterocycles. The zero-order valence-corrected chi connectivity index (χ0v) is 24.7. The zero-order chi connectivity index (χ0) is 28.1. The number of esters is 2. The van der Waals surface area contributed by atoms with Crippen molar-refractivity contribution in [3.8, 4) is 11.5 Å². The average Bonchev–Trinajstić information content (AvgIpc) is 2.94. The first-order valence-electron chi connectivity index (χ1n) is 14.9. The van der Waals surface area contributed by atoms with E-state index in [4.69, 9.17) is 25.8 Å². The number of carbonyl (C=O) groups is 2. The minimum Gasteiger partial charge on any atom is -0.494 e. The molecule has 2 aromatic rings. The molecular formula is C33H47ClO5. The Kier molecular flexibility index (Phi) is 17.1. The van der Waals surface area contributed by atoms with Crippen molar-refractivity contribution in [1.29, 1.82) is 0 Å². The number of alkyl halides is 1. The predicted molar refractivity (Wildman–Crippen MR) is 159 cm³/mol. The van der Waals surface area contributed by atoms with Gasteiger partial charge in [0.15, 0.2) is 0 Å². The summed E-state index contributed by atoms with van der Waals surface area (Å²) in [6.45, 7) is 4.83. The fourth-order valence-electron chi connectivity index (χ4n) is 4.27. The van der Waals surface area contributed by atoms with Gasteiger partial charge in [0.1, 0.15) is 18.1 Å². The first-order chi connectivity index (χ1) is 19.0. The van der Waals surface area contributed by atoms with Crippen molar-refractivity contribution in [2.45, 2.75) is 109 Å². The van der Waals surface area contributed by atoms with Crippen LogP contribution in [0.1, 0.15) is 124 Å². The Morgan fingerprint density at radius 2 is 1.08 bits per heavy atom. The quantitative estimate of drug-likeness (QED) is 0.0660. The van der Waals surface area contributed by atoms with E-state index >= 15 is 0 Å². The summed E-state index contributed by atoms with van der Waals surface area (Å²) in [5, 5.41) is -0.255. The predicted octanol–water partition coefficient (Wildman–Crippen LogP) is 9.55. The molecule has 0 spiro atoms. The highest BCUT2D eigenvalue weighted by molar-refractivity contribution is 6.20. The molecule has 2 rings (SSSR count). The van der Waals surface area contributed by atoms with E-state index in [9.17, 15) is 9.59 Å². The maximum absolute atomic E-state index is 12.5. The number of ether oxygens (including phenoxy) is 3. The SMILES string of the molecule is CCCCCCCCCCCCCCCCOc1ccc(C(=O)Oc2ccc(C(=O)OC[C@@H](C)Cl)cc2)cc1. The summed E-state index contributed by atoms with van der Waals surface area (Å²) < 4.78 is 16.3. The number of hydrogen-bond acceptors (Lipinski definition) is 5. The standard InChI is InChI=1S/C33H47ClO5/c1-3-4-5-6-7-8-9-10-11-12-13-14-15-16-25-37-30-21-17-29(18-22-30)33(36)39-31-23-19-28(20-24-31)32(35)38-26-27(2)34/h17-24,27H,3-16,25-26H2,1-2H3/t27-/m1/s1. The number of rotatable bonds is 21. The maximum Gasteiger partial charge on any atom is 0.343 e. The van der Waals surface area contributed by atoms with Crippen LogP contribution in [0.5, 0.6) is 11.5 Å². The lowest BCUT2D eigenvalue weighted by molar-refractivity contribution is 0.0508. The van der Waals surface area contributed by atoms with Gasteiger partial charge in [-0.2, -0.15) is 0 Å². The largest absolute Gasteiger partial charge is 0.494 e. The highest BCUT2D eigenvalue weighted by Gasteiger charge is 2.12. The van der Waals surface area contributed by atoms with E-state index in [0.717, 1.165) is 12.2 Å². The minimum absolute atomic E-state index is 0.135. The average molecular weight is 559 g/mol. The van der Waals surface area contributed by atoms with Crippen LogP contribution in [0.2, 0.25) is 0 Å². The summed E-state index contributed by atoms with van der Waals surface area (Å²) >= 11 is 5.80. The number of unbranched alkanes of at least 4 members (excludes halogenated alkanes) is 13. The lowest BCUT2D eigenvalue weighted by Gasteiger charge is -2.09. The molecule has 2 aromatic carbocycles. The zero-order valence-electron chi connectivity index (χ0n) is 23.9. The summed E-state index contributed by atoms with van der Waals surface area (Å²) in [6, 6.07) is 13.2. The lowest BCUT2D eigenvalue weighted by atomic mass is 10.0. The van der Waals surface area contributed by atoms with Crippen LogP contribution in [0.25, 0.3) is 0 Å². The number of benzene rings is 2. The summed E-state index contributed by atoms with van der Waals surface area (Å²) in [4.78, 5) is 24.4. The van der Waals surface area contributed by atoms with Crippen LogP contribution >= 0.6 is 11.6 Å². The molecule has 0 aliphatic heterocycles. The van der Waals surface area contributed by atoms with Crippen molar-refractivity contribution in [1.82, 2.24) is 0 Å². The molecule has 0 unspecified atom stereocenters. The van der Waals surface area contributed by atoms with Crippen LogP contribution in [0.3, 0.4) is 0 Å². The van der Waals surface area contributed by atoms with E-state index in [1.165, 1.54) is 83.5 Å². The van der Waals surface area contributed by atoms with Crippen molar-refractivity contribution >= 4 is 23.5 Å². The maximum atomic E-state index is 12.5. The van der Waals surface area contributed by atoms with Crippen LogP contribution in [0.4, 0.5) is 0 Å². The van der Waals surface area contributed by atoms with Gasteiger partial charge in [0.2, 0.25) is 0 Å². The number of hydrogen-bond donors (Lipinski definition) is 0. The second kappa shape index (κ2) is 20.4. The molecule has 0 bridgehead atoms. The third kappa shape index (κ3) is 15.0. The highest BCUT2D eigenvalue weighted by atomic mass is 35.5. The van der Waals surface area contributed by atoms with Crippen molar-refractivity contribution in [2.24, 2.45) is 0 Å². The van der Waals surface area contributed by atoms with Gasteiger partial charge in [0.25, 0.3) is 0 Å². The Hall–Kier alpha value is -2.53. The molecule has 0 aliphatic carbocycles. The third-order valence-corrected chi connectivity index (χ3v) is 6.73. The third-order valence-electron chi connectivity index (χ3n) is 6.60. The van der Waals surface area contributed by atoms with Crippen molar-refractivity contribution < 1.29 is 23.8 Å². The monoisotopic (exact) mass is 558 g/mol. The van der Waals surface area contributed by atoms with E-state index in [1.54, 1.807) is 55.5 Å². The molecule has 39 heavy (non-hydrogen) atoms. The van der Waals surface area contributed by atoms with Crippen LogP contribution in [0, 0.1) is 0 Å². The summed E-state index contributed by atoms with van der Waals surface area (Å²) in [5.41, 5.74) is 0.797. The van der Waals surface area contributed by atoms with Gasteiger partial charge >= 0.3 is 11.9 Å². The molecule has 0 heterocycles. The van der Waals surface area contributed by atoms with Gasteiger partial charge in [-0.05, 0) is 61.9 Å². The van der Waals surface area contributed by atoms with E-state index < -0.39 is 11.9 Å². The second-order valence-electron chi connectivity index (χ2n) is 10.3. The Bertz CT molecular complexity index is 924. The van der Waals surface area contributed by atoms with Crippen molar-refractivity contribution in [3.05, 3.63) is 59.7 Å². The minimum atomic E-state index is -0.472. The lowest BCUT2D eigenvalue weighted by Crippen LogP contribution is -2.12. The van der Waals surface area contributed by atoms with Gasteiger partial charge in [0, 0.05) is 0 Å². The van der Waals surface area contributed by atoms with E-state index in [2.05, 4.69) is 6.92 Å². The molecule has 5 nitrogen and oxygen atoms in total. The molecule has 216 valence electrons. The van der Waals surface area contributed by atoms with E-state index in [1.807, 2.05) is 0 Å². The number of halogens is 1. The Labute approximate surface area is 240 Å². The normalized spacial score (nSPS) is 11.7. The topological polar surface area (TPSA) is 61.8 Å². The molecule has 0 saturated carbocycles. The van der Waals surface area contributed by atoms with Gasteiger partial charge in [-0.25, -0.2) is 9.59 Å². The smallest absolute Gasteiger partial charge is 0.343 e. The molecule has 0 fully saturated rings. The van der Waals surface area contributed by atoms with Crippen LogP contribution in [-0.4, -0.2) is 30.5 Å². The van der Waals surface area contributed by atoms with Crippen LogP contribution in [0.15, 0.2) is 48.5 Å². The molecular weight excluding hydrogens is 512 g/mol. The Balaban J connectivity index is 1.53. The van der Waals surface area contributed by atoms with Gasteiger partial charge in [-0.15, -0.1) is 11.6 Å². The fourth-order valence-corrected chi connectivity index (χ4v) is 4.34. The highest BCUT2D eigenvalue weighted by Crippen LogP contribution is 2.18. The molecule has 0 radical (unpaired) electrons. The number of carbonyl (C=O) groups excluding carboxylic acids is 2. The van der Waals surface area contributed by atoms with Crippen LogP contribution < -0.4 is 9.47 Å². The Morgan fingerprint density at radius 3 is 1.56 bits per heavy atom. The van der Waals surface area contributed by atoms with Crippen molar-refractivity contribution in [3.63, 3.8) is 0 Å². The molecule has 6 heteroatoms. The second-order valence-corrected chi connectivity index (χ2v) is 11.0. The fraction of sp³-hybridized carbons (Fsp3) is 0.576. The Morgan fingerprint density at radius 1 is 0.641 bits per heavy atom.